The molecule has 30 heavy (non-hydrogen) atoms. The molecular weight excluding hydrogens is 368 g/mol. The average molecular weight is 413 g/mol. The lowest BCUT2D eigenvalue weighted by atomic mass is 9.44. The van der Waals surface area contributed by atoms with Crippen LogP contribution < -0.4 is 0 Å². The Balaban J connectivity index is 1.41. The number of rotatable bonds is 4. The predicted molar refractivity (Wildman–Crippen MR) is 123 cm³/mol. The third-order valence-corrected chi connectivity index (χ3v) is 10.4. The maximum absolute atomic E-state index is 11.5. The second-order valence-corrected chi connectivity index (χ2v) is 11.6. The SMILES string of the molecule is CCOC(=O)CC#CC[C@@H](C)[C@H]1CC[C@H]2[C@@H]3CCC4CCCC[C@]4(C)[C@H]3CC[C@]12C. The van der Waals surface area contributed by atoms with Gasteiger partial charge in [-0.25, -0.2) is 0 Å². The minimum atomic E-state index is -0.185. The first-order valence-electron chi connectivity index (χ1n) is 13.0. The molecule has 0 aromatic rings. The van der Waals surface area contributed by atoms with Crippen LogP contribution in [0.15, 0.2) is 0 Å². The standard InChI is InChI=1S/C28H44O2/c1-5-30-26(29)12-7-6-10-20(2)23-15-16-24-22-14-13-21-11-8-9-18-27(21,3)25(22)17-19-28(23,24)4/h20-25H,5,8-19H2,1-4H3/t20-,21?,22+,23-,24+,25+,27+,28-/m1/s1. The van der Waals surface area contributed by atoms with E-state index in [2.05, 4.69) is 32.6 Å². The lowest BCUT2D eigenvalue weighted by Gasteiger charge is -2.60. The summed E-state index contributed by atoms with van der Waals surface area (Å²) in [5.41, 5.74) is 1.16. The average Bonchev–Trinajstić information content (AvgIpc) is 3.08. The monoisotopic (exact) mass is 412 g/mol. The predicted octanol–water partition coefficient (Wildman–Crippen LogP) is 7.02. The minimum absolute atomic E-state index is 0.185. The Kier molecular flexibility index (Phi) is 6.58. The van der Waals surface area contributed by atoms with E-state index in [-0.39, 0.29) is 12.4 Å². The van der Waals surface area contributed by atoms with E-state index < -0.39 is 0 Å². The molecule has 1 unspecified atom stereocenters. The molecule has 2 nitrogen and oxygen atoms in total. The molecule has 0 radical (unpaired) electrons. The Morgan fingerprint density at radius 2 is 1.77 bits per heavy atom. The molecule has 2 heteroatoms. The van der Waals surface area contributed by atoms with Crippen LogP contribution in [-0.4, -0.2) is 12.6 Å². The molecule has 4 aliphatic rings. The highest BCUT2D eigenvalue weighted by Gasteiger charge is 2.60. The molecule has 0 saturated heterocycles. The smallest absolute Gasteiger partial charge is 0.317 e. The summed E-state index contributed by atoms with van der Waals surface area (Å²) < 4.78 is 4.99. The van der Waals surface area contributed by atoms with Crippen LogP contribution in [0, 0.1) is 58.2 Å². The third kappa shape index (κ3) is 3.84. The van der Waals surface area contributed by atoms with Crippen molar-refractivity contribution in [2.45, 2.75) is 105 Å². The first-order valence-corrected chi connectivity index (χ1v) is 13.0. The molecule has 0 aromatic heterocycles. The fourth-order valence-corrected chi connectivity index (χ4v) is 8.99. The normalized spacial score (nSPS) is 43.4. The number of hydrogen-bond donors (Lipinski definition) is 0. The molecule has 4 fully saturated rings. The van der Waals surface area contributed by atoms with Gasteiger partial charge in [0.2, 0.25) is 0 Å². The van der Waals surface area contributed by atoms with Gasteiger partial charge in [-0.3, -0.25) is 4.79 Å². The van der Waals surface area contributed by atoms with Crippen molar-refractivity contribution in [1.29, 1.82) is 0 Å². The molecule has 0 amide bonds. The zero-order valence-corrected chi connectivity index (χ0v) is 20.0. The lowest BCUT2D eigenvalue weighted by Crippen LogP contribution is -2.53. The molecular formula is C28H44O2. The summed E-state index contributed by atoms with van der Waals surface area (Å²) in [6, 6.07) is 0. The van der Waals surface area contributed by atoms with Gasteiger partial charge in [0.15, 0.2) is 0 Å². The molecule has 8 atom stereocenters. The van der Waals surface area contributed by atoms with E-state index >= 15 is 0 Å². The van der Waals surface area contributed by atoms with E-state index in [1.807, 2.05) is 6.92 Å². The molecule has 4 rings (SSSR count). The first kappa shape index (κ1) is 22.2. The molecule has 0 bridgehead atoms. The number of carbonyl (C=O) groups excluding carboxylic acids is 1. The van der Waals surface area contributed by atoms with Crippen molar-refractivity contribution in [3.05, 3.63) is 0 Å². The number of hydrogen-bond acceptors (Lipinski definition) is 2. The minimum Gasteiger partial charge on any atom is -0.465 e. The van der Waals surface area contributed by atoms with Crippen molar-refractivity contribution < 1.29 is 9.53 Å². The van der Waals surface area contributed by atoms with Gasteiger partial charge >= 0.3 is 5.97 Å². The lowest BCUT2D eigenvalue weighted by molar-refractivity contribution is -0.141. The highest BCUT2D eigenvalue weighted by molar-refractivity contribution is 5.72. The van der Waals surface area contributed by atoms with E-state index in [0.29, 0.717) is 23.4 Å². The van der Waals surface area contributed by atoms with Crippen LogP contribution in [0.1, 0.15) is 105 Å². The number of carbonyl (C=O) groups is 1. The molecule has 168 valence electrons. The maximum atomic E-state index is 11.5. The summed E-state index contributed by atoms with van der Waals surface area (Å²) in [6.07, 6.45) is 15.9. The Morgan fingerprint density at radius 3 is 2.57 bits per heavy atom. The van der Waals surface area contributed by atoms with Crippen LogP contribution in [0.5, 0.6) is 0 Å². The van der Waals surface area contributed by atoms with Gasteiger partial charge in [-0.2, -0.15) is 0 Å². The summed E-state index contributed by atoms with van der Waals surface area (Å²) in [5.74, 6) is 11.6. The van der Waals surface area contributed by atoms with Crippen LogP contribution in [0.4, 0.5) is 0 Å². The molecule has 0 aliphatic heterocycles. The highest BCUT2D eigenvalue weighted by atomic mass is 16.5. The van der Waals surface area contributed by atoms with E-state index in [1.165, 1.54) is 64.2 Å². The van der Waals surface area contributed by atoms with Crippen molar-refractivity contribution >= 4 is 5.97 Å². The topological polar surface area (TPSA) is 26.3 Å². The number of esters is 1. The Morgan fingerprint density at radius 1 is 0.967 bits per heavy atom. The second kappa shape index (κ2) is 8.88. The quantitative estimate of drug-likeness (QED) is 0.366. The zero-order chi connectivity index (χ0) is 21.4. The molecule has 4 saturated carbocycles. The van der Waals surface area contributed by atoms with Crippen LogP contribution in [-0.2, 0) is 9.53 Å². The summed E-state index contributed by atoms with van der Waals surface area (Å²) in [6.45, 7) is 10.0. The largest absolute Gasteiger partial charge is 0.465 e. The first-order chi connectivity index (χ1) is 14.4. The Labute approximate surface area is 185 Å². The molecule has 4 aliphatic carbocycles. The van der Waals surface area contributed by atoms with Crippen molar-refractivity contribution in [2.24, 2.45) is 46.3 Å². The van der Waals surface area contributed by atoms with E-state index in [4.69, 9.17) is 4.74 Å². The van der Waals surface area contributed by atoms with Crippen molar-refractivity contribution in [3.63, 3.8) is 0 Å². The Bertz CT molecular complexity index is 686. The van der Waals surface area contributed by atoms with Crippen LogP contribution >= 0.6 is 0 Å². The highest BCUT2D eigenvalue weighted by Crippen LogP contribution is 2.68. The molecule has 0 aromatic carbocycles. The third-order valence-electron chi connectivity index (χ3n) is 10.4. The fraction of sp³-hybridized carbons (Fsp3) is 0.893. The van der Waals surface area contributed by atoms with Crippen LogP contribution in [0.25, 0.3) is 0 Å². The van der Waals surface area contributed by atoms with Gasteiger partial charge in [-0.1, -0.05) is 39.5 Å². The van der Waals surface area contributed by atoms with Crippen molar-refractivity contribution in [3.8, 4) is 11.8 Å². The van der Waals surface area contributed by atoms with Crippen LogP contribution in [0.2, 0.25) is 0 Å². The van der Waals surface area contributed by atoms with Crippen molar-refractivity contribution in [1.82, 2.24) is 0 Å². The summed E-state index contributed by atoms with van der Waals surface area (Å²) in [4.78, 5) is 11.5. The van der Waals surface area contributed by atoms with Gasteiger partial charge < -0.3 is 4.74 Å². The maximum Gasteiger partial charge on any atom is 0.317 e. The second-order valence-electron chi connectivity index (χ2n) is 11.6. The van der Waals surface area contributed by atoms with Gasteiger partial charge in [0.05, 0.1) is 6.61 Å². The van der Waals surface area contributed by atoms with Gasteiger partial charge in [0, 0.05) is 6.42 Å². The van der Waals surface area contributed by atoms with Gasteiger partial charge in [0.1, 0.15) is 6.42 Å². The van der Waals surface area contributed by atoms with Crippen LogP contribution in [0.3, 0.4) is 0 Å². The van der Waals surface area contributed by atoms with Gasteiger partial charge in [0.25, 0.3) is 0 Å². The summed E-state index contributed by atoms with van der Waals surface area (Å²) in [5, 5.41) is 0. The zero-order valence-electron chi connectivity index (χ0n) is 20.0. The Hall–Kier alpha value is -0.970. The van der Waals surface area contributed by atoms with E-state index in [1.54, 1.807) is 0 Å². The summed E-state index contributed by atoms with van der Waals surface area (Å²) >= 11 is 0. The molecule has 0 heterocycles. The number of ether oxygens (including phenoxy) is 1. The molecule has 0 N–H and O–H groups in total. The fourth-order valence-electron chi connectivity index (χ4n) is 8.99. The van der Waals surface area contributed by atoms with E-state index in [9.17, 15) is 4.79 Å². The van der Waals surface area contributed by atoms with Gasteiger partial charge in [-0.05, 0) is 105 Å². The van der Waals surface area contributed by atoms with Crippen molar-refractivity contribution in [2.75, 3.05) is 6.61 Å². The van der Waals surface area contributed by atoms with Gasteiger partial charge in [-0.15, -0.1) is 5.92 Å². The van der Waals surface area contributed by atoms with E-state index in [0.717, 1.165) is 36.0 Å². The molecule has 0 spiro atoms. The number of fused-ring (bicyclic) bond motifs is 5. The summed E-state index contributed by atoms with van der Waals surface area (Å²) in [7, 11) is 0.